The first-order valence-corrected chi connectivity index (χ1v) is 4.33. The number of ether oxygens (including phenoxy) is 1. The van der Waals surface area contributed by atoms with Gasteiger partial charge in [0, 0.05) is 5.56 Å². The van der Waals surface area contributed by atoms with Crippen LogP contribution in [0.3, 0.4) is 0 Å². The average Bonchev–Trinajstić information content (AvgIpc) is 2.19. The summed E-state index contributed by atoms with van der Waals surface area (Å²) in [5.74, 6) is -0.307. The number of rotatable bonds is 4. The summed E-state index contributed by atoms with van der Waals surface area (Å²) in [5, 5.41) is 0. The van der Waals surface area contributed by atoms with E-state index in [1.54, 1.807) is 13.0 Å². The largest absolute Gasteiger partial charge is 0.435 e. The van der Waals surface area contributed by atoms with E-state index in [4.69, 9.17) is 5.73 Å². The van der Waals surface area contributed by atoms with Crippen LogP contribution >= 0.6 is 0 Å². The Morgan fingerprint density at radius 1 is 1.53 bits per heavy atom. The van der Waals surface area contributed by atoms with E-state index < -0.39 is 6.61 Å². The number of hydrogen-bond acceptors (Lipinski definition) is 3. The van der Waals surface area contributed by atoms with Gasteiger partial charge in [-0.15, -0.1) is 0 Å². The lowest BCUT2D eigenvalue weighted by Crippen LogP contribution is -2.14. The molecule has 1 aromatic rings. The van der Waals surface area contributed by atoms with Crippen molar-refractivity contribution in [2.75, 3.05) is 6.54 Å². The Morgan fingerprint density at radius 3 is 2.73 bits per heavy atom. The summed E-state index contributed by atoms with van der Waals surface area (Å²) in [6, 6.07) is 4.35. The number of halogens is 2. The molecule has 0 fully saturated rings. The van der Waals surface area contributed by atoms with Gasteiger partial charge in [-0.1, -0.05) is 12.1 Å². The molecule has 0 aliphatic heterocycles. The molecule has 3 nitrogen and oxygen atoms in total. The van der Waals surface area contributed by atoms with Crippen LogP contribution in [-0.2, 0) is 0 Å². The highest BCUT2D eigenvalue weighted by molar-refractivity contribution is 5.97. The van der Waals surface area contributed by atoms with Gasteiger partial charge in [0.2, 0.25) is 0 Å². The van der Waals surface area contributed by atoms with Gasteiger partial charge in [-0.05, 0) is 18.6 Å². The highest BCUT2D eigenvalue weighted by Gasteiger charge is 2.10. The van der Waals surface area contributed by atoms with Crippen molar-refractivity contribution in [3.05, 3.63) is 29.3 Å². The molecule has 0 saturated carbocycles. The predicted molar refractivity (Wildman–Crippen MR) is 51.2 cm³/mol. The normalized spacial score (nSPS) is 10.5. The van der Waals surface area contributed by atoms with Crippen LogP contribution in [0.4, 0.5) is 8.78 Å². The summed E-state index contributed by atoms with van der Waals surface area (Å²) >= 11 is 0. The molecule has 5 heteroatoms. The lowest BCUT2D eigenvalue weighted by atomic mass is 10.1. The van der Waals surface area contributed by atoms with Crippen molar-refractivity contribution in [1.82, 2.24) is 0 Å². The number of ketones is 1. The molecule has 0 unspecified atom stereocenters. The van der Waals surface area contributed by atoms with Crippen LogP contribution in [-0.4, -0.2) is 18.9 Å². The van der Waals surface area contributed by atoms with E-state index in [0.29, 0.717) is 5.56 Å². The number of carbonyl (C=O) groups excluding carboxylic acids is 1. The summed E-state index contributed by atoms with van der Waals surface area (Å²) in [5.41, 5.74) is 5.98. The van der Waals surface area contributed by atoms with Gasteiger partial charge < -0.3 is 10.5 Å². The molecule has 1 rings (SSSR count). The molecule has 15 heavy (non-hydrogen) atoms. The highest BCUT2D eigenvalue weighted by atomic mass is 19.3. The molecule has 0 heterocycles. The number of benzene rings is 1. The van der Waals surface area contributed by atoms with Gasteiger partial charge >= 0.3 is 6.61 Å². The molecule has 0 aromatic heterocycles. The van der Waals surface area contributed by atoms with Gasteiger partial charge in [0.25, 0.3) is 0 Å². The van der Waals surface area contributed by atoms with Gasteiger partial charge in [0.05, 0.1) is 6.54 Å². The molecule has 0 spiro atoms. The van der Waals surface area contributed by atoms with Crippen molar-refractivity contribution in [3.8, 4) is 5.75 Å². The minimum atomic E-state index is -2.90. The molecule has 0 atom stereocenters. The first-order chi connectivity index (χ1) is 7.04. The summed E-state index contributed by atoms with van der Waals surface area (Å²) in [6.07, 6.45) is 0. The highest BCUT2D eigenvalue weighted by Crippen LogP contribution is 2.21. The SMILES string of the molecule is Cc1ccc(C(=O)CN)cc1OC(F)F. The maximum atomic E-state index is 12.0. The van der Waals surface area contributed by atoms with Crippen LogP contribution in [0.1, 0.15) is 15.9 Å². The van der Waals surface area contributed by atoms with Crippen molar-refractivity contribution in [2.24, 2.45) is 5.73 Å². The minimum Gasteiger partial charge on any atom is -0.435 e. The molecule has 1 aromatic carbocycles. The maximum absolute atomic E-state index is 12.0. The zero-order chi connectivity index (χ0) is 11.4. The van der Waals surface area contributed by atoms with Crippen LogP contribution in [0.25, 0.3) is 0 Å². The van der Waals surface area contributed by atoms with Gasteiger partial charge in [-0.3, -0.25) is 4.79 Å². The van der Waals surface area contributed by atoms with Crippen molar-refractivity contribution in [3.63, 3.8) is 0 Å². The van der Waals surface area contributed by atoms with Crippen LogP contribution in [0.15, 0.2) is 18.2 Å². The van der Waals surface area contributed by atoms with Gasteiger partial charge in [0.15, 0.2) is 5.78 Å². The van der Waals surface area contributed by atoms with E-state index >= 15 is 0 Å². The molecule has 0 bridgehead atoms. The zero-order valence-corrected chi connectivity index (χ0v) is 8.17. The zero-order valence-electron chi connectivity index (χ0n) is 8.17. The predicted octanol–water partition coefficient (Wildman–Crippen LogP) is 1.74. The lowest BCUT2D eigenvalue weighted by Gasteiger charge is -2.08. The van der Waals surface area contributed by atoms with E-state index in [2.05, 4.69) is 4.74 Å². The second-order valence-electron chi connectivity index (χ2n) is 2.99. The minimum absolute atomic E-state index is 0.00398. The second-order valence-corrected chi connectivity index (χ2v) is 2.99. The number of carbonyl (C=O) groups is 1. The van der Waals surface area contributed by atoms with E-state index in [1.165, 1.54) is 12.1 Å². The van der Waals surface area contributed by atoms with Crippen LogP contribution < -0.4 is 10.5 Å². The van der Waals surface area contributed by atoms with Crippen molar-refractivity contribution >= 4 is 5.78 Å². The Balaban J connectivity index is 2.99. The number of nitrogens with two attached hydrogens (primary N) is 1. The van der Waals surface area contributed by atoms with Gasteiger partial charge in [-0.2, -0.15) is 8.78 Å². The van der Waals surface area contributed by atoms with E-state index in [-0.39, 0.29) is 23.6 Å². The molecule has 0 aliphatic carbocycles. The standard InChI is InChI=1S/C10H11F2NO2/c1-6-2-3-7(8(14)5-13)4-9(6)15-10(11)12/h2-4,10H,5,13H2,1H3. The van der Waals surface area contributed by atoms with Gasteiger partial charge in [0.1, 0.15) is 5.75 Å². The number of alkyl halides is 2. The number of Topliss-reactive ketones (excluding diaryl/α,β-unsaturated/α-hetero) is 1. The third-order valence-electron chi connectivity index (χ3n) is 1.91. The molecule has 0 radical (unpaired) electrons. The van der Waals surface area contributed by atoms with Crippen molar-refractivity contribution < 1.29 is 18.3 Å². The maximum Gasteiger partial charge on any atom is 0.387 e. The third-order valence-corrected chi connectivity index (χ3v) is 1.91. The second kappa shape index (κ2) is 4.84. The Kier molecular flexibility index (Phi) is 3.74. The first-order valence-electron chi connectivity index (χ1n) is 4.33. The molecular weight excluding hydrogens is 204 g/mol. The molecule has 0 saturated heterocycles. The molecule has 82 valence electrons. The Labute approximate surface area is 85.8 Å². The van der Waals surface area contributed by atoms with E-state index in [1.807, 2.05) is 0 Å². The summed E-state index contributed by atoms with van der Waals surface area (Å²) < 4.78 is 28.2. The third kappa shape index (κ3) is 2.99. The first kappa shape index (κ1) is 11.6. The smallest absolute Gasteiger partial charge is 0.387 e. The van der Waals surface area contributed by atoms with E-state index in [9.17, 15) is 13.6 Å². The van der Waals surface area contributed by atoms with Crippen LogP contribution in [0, 0.1) is 6.92 Å². The molecular formula is C10H11F2NO2. The Hall–Kier alpha value is -1.49. The van der Waals surface area contributed by atoms with Gasteiger partial charge in [-0.25, -0.2) is 0 Å². The monoisotopic (exact) mass is 215 g/mol. The topological polar surface area (TPSA) is 52.3 Å². The fraction of sp³-hybridized carbons (Fsp3) is 0.300. The number of aryl methyl sites for hydroxylation is 1. The molecule has 2 N–H and O–H groups in total. The van der Waals surface area contributed by atoms with Crippen LogP contribution in [0.5, 0.6) is 5.75 Å². The molecule has 0 amide bonds. The summed E-state index contributed by atoms with van der Waals surface area (Å²) in [7, 11) is 0. The van der Waals surface area contributed by atoms with Crippen LogP contribution in [0.2, 0.25) is 0 Å². The molecule has 0 aliphatic rings. The summed E-state index contributed by atoms with van der Waals surface area (Å²) in [6.45, 7) is -1.43. The average molecular weight is 215 g/mol. The quantitative estimate of drug-likeness (QED) is 0.778. The fourth-order valence-corrected chi connectivity index (χ4v) is 1.11. The lowest BCUT2D eigenvalue weighted by molar-refractivity contribution is -0.0503. The summed E-state index contributed by atoms with van der Waals surface area (Å²) in [4.78, 5) is 11.2. The van der Waals surface area contributed by atoms with E-state index in [0.717, 1.165) is 0 Å². The fourth-order valence-electron chi connectivity index (χ4n) is 1.11. The van der Waals surface area contributed by atoms with Crippen molar-refractivity contribution in [1.29, 1.82) is 0 Å². The number of hydrogen-bond donors (Lipinski definition) is 1. The Bertz CT molecular complexity index is 366. The Morgan fingerprint density at radius 2 is 2.20 bits per heavy atom. The van der Waals surface area contributed by atoms with Crippen molar-refractivity contribution in [2.45, 2.75) is 13.5 Å².